The van der Waals surface area contributed by atoms with Crippen molar-refractivity contribution in [2.24, 2.45) is 0 Å². The molecule has 0 aromatic carbocycles. The molecule has 0 saturated heterocycles. The predicted octanol–water partition coefficient (Wildman–Crippen LogP) is 0.887. The van der Waals surface area contributed by atoms with E-state index in [-0.39, 0.29) is 0 Å². The van der Waals surface area contributed by atoms with Gasteiger partial charge in [-0.15, -0.1) is 0 Å². The highest BCUT2D eigenvalue weighted by molar-refractivity contribution is 6.52. The minimum atomic E-state index is -1.04. The Balaban J connectivity index is 3.14. The summed E-state index contributed by atoms with van der Waals surface area (Å²) in [6.45, 7) is 2.12. The molecule has 0 spiro atoms. The highest BCUT2D eigenvalue weighted by Gasteiger charge is 2.16. The molecule has 1 N–H and O–H groups in total. The van der Waals surface area contributed by atoms with E-state index in [9.17, 15) is 4.32 Å². The van der Waals surface area contributed by atoms with E-state index in [0.29, 0.717) is 6.32 Å². The zero-order chi connectivity index (χ0) is 5.86. The Kier molecular flexibility index (Phi) is 3.00. The van der Waals surface area contributed by atoms with Gasteiger partial charge in [-0.3, -0.25) is 0 Å². The largest absolute Gasteiger partial charge is 0.398 e. The molecule has 3 heteroatoms. The Hall–Kier alpha value is -0.0451. The topological polar surface area (TPSA) is 20.2 Å². The molecule has 0 saturated carbocycles. The van der Waals surface area contributed by atoms with Crippen molar-refractivity contribution in [2.45, 2.75) is 26.2 Å². The van der Waals surface area contributed by atoms with Crippen LogP contribution in [-0.2, 0) is 0 Å². The molecule has 0 heterocycles. The third-order valence-corrected chi connectivity index (χ3v) is 0.913. The maximum atomic E-state index is 12.0. The average Bonchev–Trinajstić information content (AvgIpc) is 1.65. The van der Waals surface area contributed by atoms with Crippen LogP contribution in [0.15, 0.2) is 0 Å². The van der Waals surface area contributed by atoms with Crippen LogP contribution >= 0.6 is 0 Å². The van der Waals surface area contributed by atoms with Crippen molar-refractivity contribution < 1.29 is 9.42 Å². The number of aliphatic hydroxyl groups is 1. The number of hydrogen-bond acceptors (Lipinski definition) is 1. The molecule has 0 rings (SSSR count). The van der Waals surface area contributed by atoms with Crippen LogP contribution in [0.5, 0.6) is 0 Å². The zero-order valence-corrected chi connectivity index (χ0v) is 4.69. The minimum absolute atomic E-state index is 0.400. The van der Waals surface area contributed by atoms with E-state index in [1.807, 2.05) is 0 Å². The van der Waals surface area contributed by atoms with Crippen molar-refractivity contribution in [2.75, 3.05) is 0 Å². The third-order valence-electron chi connectivity index (χ3n) is 0.913. The smallest absolute Gasteiger partial charge is 0.376 e. The van der Waals surface area contributed by atoms with Crippen LogP contribution in [0.3, 0.4) is 0 Å². The fourth-order valence-corrected chi connectivity index (χ4v) is 0.341. The van der Waals surface area contributed by atoms with Gasteiger partial charge in [0.1, 0.15) is 0 Å². The van der Waals surface area contributed by atoms with Gasteiger partial charge >= 0.3 is 6.99 Å². The van der Waals surface area contributed by atoms with E-state index in [1.54, 1.807) is 6.92 Å². The van der Waals surface area contributed by atoms with Crippen LogP contribution in [0.1, 0.15) is 13.8 Å². The van der Waals surface area contributed by atoms with Crippen LogP contribution in [0.2, 0.25) is 6.32 Å². The Morgan fingerprint density at radius 3 is 2.29 bits per heavy atom. The zero-order valence-electron chi connectivity index (χ0n) is 4.69. The van der Waals surface area contributed by atoms with Crippen LogP contribution < -0.4 is 0 Å². The molecule has 0 radical (unpaired) electrons. The van der Waals surface area contributed by atoms with Crippen molar-refractivity contribution in [3.63, 3.8) is 0 Å². The van der Waals surface area contributed by atoms with Crippen LogP contribution in [0.4, 0.5) is 4.32 Å². The Morgan fingerprint density at radius 1 is 1.86 bits per heavy atom. The number of rotatable bonds is 2. The number of halogens is 1. The first-order chi connectivity index (χ1) is 3.18. The first-order valence-corrected chi connectivity index (χ1v) is 2.50. The second-order valence-electron chi connectivity index (χ2n) is 1.66. The van der Waals surface area contributed by atoms with Gasteiger partial charge in [0.05, 0.1) is 6.00 Å². The summed E-state index contributed by atoms with van der Waals surface area (Å²) < 4.78 is 12.0. The molecular weight excluding hydrogens is 93.9 g/mol. The fourth-order valence-electron chi connectivity index (χ4n) is 0.341. The standard InChI is InChI=1S/C4H10BFO/c1-3-5(6)4(2)7/h4,7H,3H2,1-2H3. The number of aliphatic hydroxyl groups excluding tert-OH is 1. The third kappa shape index (κ3) is 2.63. The first-order valence-electron chi connectivity index (χ1n) is 2.50. The molecule has 0 aliphatic carbocycles. The highest BCUT2D eigenvalue weighted by atomic mass is 19.1. The van der Waals surface area contributed by atoms with Gasteiger partial charge in [-0.2, -0.15) is 0 Å². The quantitative estimate of drug-likeness (QED) is 0.515. The Morgan fingerprint density at radius 2 is 2.29 bits per heavy atom. The first kappa shape index (κ1) is 6.95. The lowest BCUT2D eigenvalue weighted by molar-refractivity contribution is 0.258. The highest BCUT2D eigenvalue weighted by Crippen LogP contribution is 1.96. The van der Waals surface area contributed by atoms with Crippen molar-refractivity contribution in [3.05, 3.63) is 0 Å². The van der Waals surface area contributed by atoms with E-state index >= 15 is 0 Å². The molecule has 1 atom stereocenters. The molecular formula is C4H10BFO. The van der Waals surface area contributed by atoms with Crippen molar-refractivity contribution in [1.29, 1.82) is 0 Å². The maximum Gasteiger partial charge on any atom is 0.376 e. The molecule has 1 unspecified atom stereocenters. The summed E-state index contributed by atoms with van der Waals surface area (Å²) >= 11 is 0. The van der Waals surface area contributed by atoms with Crippen molar-refractivity contribution in [3.8, 4) is 0 Å². The van der Waals surface area contributed by atoms with Gasteiger partial charge in [-0.25, -0.2) is 0 Å². The summed E-state index contributed by atoms with van der Waals surface area (Å²) in [5.41, 5.74) is 0. The summed E-state index contributed by atoms with van der Waals surface area (Å²) in [6.07, 6.45) is 0.400. The lowest BCUT2D eigenvalue weighted by Crippen LogP contribution is -2.21. The minimum Gasteiger partial charge on any atom is -0.398 e. The average molecular weight is 104 g/mol. The summed E-state index contributed by atoms with van der Waals surface area (Å²) in [5, 5.41) is 8.45. The van der Waals surface area contributed by atoms with Gasteiger partial charge in [0.25, 0.3) is 0 Å². The number of hydrogen-bond donors (Lipinski definition) is 1. The maximum absolute atomic E-state index is 12.0. The van der Waals surface area contributed by atoms with E-state index < -0.39 is 13.0 Å². The summed E-state index contributed by atoms with van der Waals surface area (Å²) in [7, 11) is 0. The van der Waals surface area contributed by atoms with Gasteiger partial charge in [0.2, 0.25) is 0 Å². The predicted molar refractivity (Wildman–Crippen MR) is 29.0 cm³/mol. The molecule has 1 nitrogen and oxygen atoms in total. The van der Waals surface area contributed by atoms with Crippen molar-refractivity contribution >= 4 is 6.99 Å². The Bertz CT molecular complexity index is 49.0. The van der Waals surface area contributed by atoms with E-state index in [0.717, 1.165) is 0 Å². The second kappa shape index (κ2) is 3.02. The van der Waals surface area contributed by atoms with Gasteiger partial charge in [-0.05, 0) is 13.2 Å². The summed E-state index contributed by atoms with van der Waals surface area (Å²) in [6, 6.07) is -0.801. The lowest BCUT2D eigenvalue weighted by atomic mass is 9.64. The molecule has 0 aromatic heterocycles. The van der Waals surface area contributed by atoms with Gasteiger partial charge < -0.3 is 9.42 Å². The van der Waals surface area contributed by atoms with Gasteiger partial charge in [-0.1, -0.05) is 6.92 Å². The molecule has 0 fully saturated rings. The van der Waals surface area contributed by atoms with E-state index in [2.05, 4.69) is 0 Å². The SMILES string of the molecule is CCB(F)C(C)O. The normalized spacial score (nSPS) is 13.7. The fraction of sp³-hybridized carbons (Fsp3) is 1.00. The molecule has 0 aliphatic rings. The molecule has 42 valence electrons. The molecule has 0 aliphatic heterocycles. The summed E-state index contributed by atoms with van der Waals surface area (Å²) in [4.78, 5) is 0. The molecule has 0 bridgehead atoms. The molecule has 0 aromatic rings. The lowest BCUT2D eigenvalue weighted by Gasteiger charge is -2.00. The monoisotopic (exact) mass is 104 g/mol. The van der Waals surface area contributed by atoms with E-state index in [1.165, 1.54) is 6.92 Å². The molecule has 0 amide bonds. The van der Waals surface area contributed by atoms with Gasteiger partial charge in [0, 0.05) is 0 Å². The Labute approximate surface area is 43.7 Å². The van der Waals surface area contributed by atoms with Crippen LogP contribution in [-0.4, -0.2) is 18.1 Å². The van der Waals surface area contributed by atoms with Gasteiger partial charge in [0.15, 0.2) is 0 Å². The molecule has 7 heavy (non-hydrogen) atoms. The summed E-state index contributed by atoms with van der Waals surface area (Å²) in [5.74, 6) is 0. The second-order valence-corrected chi connectivity index (χ2v) is 1.66. The van der Waals surface area contributed by atoms with Crippen molar-refractivity contribution in [1.82, 2.24) is 0 Å². The van der Waals surface area contributed by atoms with E-state index in [4.69, 9.17) is 5.11 Å². The van der Waals surface area contributed by atoms with Crippen LogP contribution in [0, 0.1) is 0 Å². The van der Waals surface area contributed by atoms with Crippen LogP contribution in [0.25, 0.3) is 0 Å².